The van der Waals surface area contributed by atoms with Crippen molar-refractivity contribution in [2.75, 3.05) is 10.6 Å². The highest BCUT2D eigenvalue weighted by Gasteiger charge is 2.30. The summed E-state index contributed by atoms with van der Waals surface area (Å²) < 4.78 is 0. The minimum atomic E-state index is 0.00441. The van der Waals surface area contributed by atoms with Crippen LogP contribution in [0, 0.1) is 5.41 Å². The maximum Gasteiger partial charge on any atom is 0.110 e. The maximum absolute atomic E-state index is 4.74. The van der Waals surface area contributed by atoms with Crippen LogP contribution in [0.25, 0.3) is 21.5 Å². The molecule has 182 valence electrons. The van der Waals surface area contributed by atoms with Crippen molar-refractivity contribution in [2.45, 2.75) is 26.9 Å². The second kappa shape index (κ2) is 9.13. The van der Waals surface area contributed by atoms with E-state index in [9.17, 15) is 0 Å². The van der Waals surface area contributed by atoms with Gasteiger partial charge >= 0.3 is 0 Å². The van der Waals surface area contributed by atoms with Crippen LogP contribution in [0.4, 0.5) is 34.1 Å². The second-order valence-electron chi connectivity index (χ2n) is 10.3. The molecule has 0 radical (unpaired) electrons. The molecule has 0 aliphatic carbocycles. The Balaban J connectivity index is 1.40. The lowest BCUT2D eigenvalue weighted by Crippen LogP contribution is -2.42. The summed E-state index contributed by atoms with van der Waals surface area (Å²) in [5.41, 5.74) is 5.34. The van der Waals surface area contributed by atoms with Gasteiger partial charge in [-0.15, -0.1) is 15.3 Å². The van der Waals surface area contributed by atoms with Crippen molar-refractivity contribution in [2.24, 2.45) is 25.9 Å². The van der Waals surface area contributed by atoms with Gasteiger partial charge in [0.15, 0.2) is 0 Å². The highest BCUT2D eigenvalue weighted by atomic mass is 15.2. The zero-order valence-corrected chi connectivity index (χ0v) is 21.1. The molecule has 0 bridgehead atoms. The Morgan fingerprint density at radius 2 is 1.19 bits per heavy atom. The number of rotatable bonds is 4. The average molecular weight is 485 g/mol. The molecule has 1 aliphatic rings. The van der Waals surface area contributed by atoms with E-state index in [0.717, 1.165) is 55.7 Å². The highest BCUT2D eigenvalue weighted by molar-refractivity contribution is 6.08. The summed E-state index contributed by atoms with van der Waals surface area (Å²) in [5.74, 6) is 0. The van der Waals surface area contributed by atoms with Crippen molar-refractivity contribution in [3.8, 4) is 0 Å². The third-order valence-electron chi connectivity index (χ3n) is 6.65. The normalized spacial score (nSPS) is 15.4. The molecule has 0 fully saturated rings. The number of nitrogens with zero attached hydrogens (tertiary/aromatic N) is 4. The lowest BCUT2D eigenvalue weighted by molar-refractivity contribution is 0.366. The molecule has 0 spiro atoms. The van der Waals surface area contributed by atoms with Crippen molar-refractivity contribution >= 4 is 55.7 Å². The fourth-order valence-electron chi connectivity index (χ4n) is 4.64. The summed E-state index contributed by atoms with van der Waals surface area (Å²) in [4.78, 5) is 0. The Bertz CT molecular complexity index is 1670. The quantitative estimate of drug-likeness (QED) is 0.249. The molecule has 5 aromatic rings. The van der Waals surface area contributed by atoms with Crippen LogP contribution in [0.2, 0.25) is 0 Å². The number of benzene rings is 5. The number of hydrogen-bond donors (Lipinski definition) is 2. The van der Waals surface area contributed by atoms with E-state index in [1.54, 1.807) is 0 Å². The Morgan fingerprint density at radius 1 is 0.568 bits per heavy atom. The van der Waals surface area contributed by atoms with Crippen molar-refractivity contribution in [1.82, 2.24) is 0 Å². The van der Waals surface area contributed by atoms with Crippen LogP contribution in [-0.2, 0) is 0 Å². The molecule has 0 amide bonds. The molecule has 6 rings (SSSR count). The van der Waals surface area contributed by atoms with Crippen LogP contribution in [-0.4, -0.2) is 6.17 Å². The zero-order chi connectivity index (χ0) is 25.4. The van der Waals surface area contributed by atoms with Crippen molar-refractivity contribution in [1.29, 1.82) is 0 Å². The zero-order valence-electron chi connectivity index (χ0n) is 21.1. The van der Waals surface area contributed by atoms with E-state index in [2.05, 4.69) is 65.9 Å². The maximum atomic E-state index is 4.74. The molecule has 6 heteroatoms. The van der Waals surface area contributed by atoms with Crippen LogP contribution >= 0.6 is 0 Å². The minimum Gasteiger partial charge on any atom is -0.364 e. The molecule has 0 saturated carbocycles. The molecule has 37 heavy (non-hydrogen) atoms. The standard InChI is InChI=1S/C31H28N6/c1-31(2,3)30-32-26-15-9-10-20-16-17-27(29(33-30)28(20)26)37-36-25-19-18-24(22-13-7-8-14-23(22)25)35-34-21-11-5-4-6-12-21/h4-19,30,32-33H,1-3H3/b35-34+,37-36+. The SMILES string of the molecule is CC(C)(C)C1Nc2cccc3ccc(/N=N/c4ccc(/N=N/c5ccccc5)c5ccccc45)c(c23)N1. The predicted octanol–water partition coefficient (Wildman–Crippen LogP) is 10.0. The molecular formula is C31H28N6. The van der Waals surface area contributed by atoms with Crippen molar-refractivity contribution < 1.29 is 0 Å². The average Bonchev–Trinajstić information content (AvgIpc) is 2.92. The smallest absolute Gasteiger partial charge is 0.110 e. The Hall–Kier alpha value is -4.58. The van der Waals surface area contributed by atoms with Gasteiger partial charge in [-0.25, -0.2) is 0 Å². The first-order valence-corrected chi connectivity index (χ1v) is 12.5. The molecule has 0 saturated heterocycles. The Labute approximate surface area is 216 Å². The third kappa shape index (κ3) is 4.42. The third-order valence-corrected chi connectivity index (χ3v) is 6.65. The van der Waals surface area contributed by atoms with E-state index in [4.69, 9.17) is 10.2 Å². The number of azo groups is 2. The van der Waals surface area contributed by atoms with Gasteiger partial charge in [-0.1, -0.05) is 81.4 Å². The molecule has 6 nitrogen and oxygen atoms in total. The van der Waals surface area contributed by atoms with E-state index in [1.807, 2.05) is 72.8 Å². The van der Waals surface area contributed by atoms with Crippen molar-refractivity contribution in [3.05, 3.63) is 97.1 Å². The van der Waals surface area contributed by atoms with E-state index < -0.39 is 0 Å². The van der Waals surface area contributed by atoms with Crippen LogP contribution in [0.1, 0.15) is 20.8 Å². The molecule has 1 atom stereocenters. The lowest BCUT2D eigenvalue weighted by atomic mass is 9.89. The number of fused-ring (bicyclic) bond motifs is 1. The Morgan fingerprint density at radius 3 is 1.89 bits per heavy atom. The first-order valence-electron chi connectivity index (χ1n) is 12.5. The summed E-state index contributed by atoms with van der Waals surface area (Å²) in [6.07, 6.45) is 0.0667. The molecule has 1 heterocycles. The van der Waals surface area contributed by atoms with Gasteiger partial charge in [-0.05, 0) is 41.8 Å². The van der Waals surface area contributed by atoms with Gasteiger partial charge in [-0.3, -0.25) is 0 Å². The van der Waals surface area contributed by atoms with Gasteiger partial charge in [0, 0.05) is 27.3 Å². The molecule has 2 N–H and O–H groups in total. The number of nitrogens with one attached hydrogen (secondary N) is 2. The summed E-state index contributed by atoms with van der Waals surface area (Å²) >= 11 is 0. The van der Waals surface area contributed by atoms with Gasteiger partial charge in [0.1, 0.15) is 11.9 Å². The van der Waals surface area contributed by atoms with Gasteiger partial charge in [0.2, 0.25) is 0 Å². The van der Waals surface area contributed by atoms with Gasteiger partial charge < -0.3 is 10.6 Å². The van der Waals surface area contributed by atoms with Gasteiger partial charge in [-0.2, -0.15) is 5.11 Å². The van der Waals surface area contributed by atoms with E-state index >= 15 is 0 Å². The van der Waals surface area contributed by atoms with Gasteiger partial charge in [0.05, 0.1) is 22.7 Å². The van der Waals surface area contributed by atoms with Crippen LogP contribution in [0.3, 0.4) is 0 Å². The van der Waals surface area contributed by atoms with Crippen molar-refractivity contribution in [3.63, 3.8) is 0 Å². The number of hydrogen-bond acceptors (Lipinski definition) is 6. The predicted molar refractivity (Wildman–Crippen MR) is 153 cm³/mol. The summed E-state index contributed by atoms with van der Waals surface area (Å²) in [6, 6.07) is 32.2. The Kier molecular flexibility index (Phi) is 5.64. The minimum absolute atomic E-state index is 0.00441. The molecule has 1 aliphatic heterocycles. The molecule has 1 unspecified atom stereocenters. The van der Waals surface area contributed by atoms with Crippen LogP contribution < -0.4 is 10.6 Å². The second-order valence-corrected chi connectivity index (χ2v) is 10.3. The fourth-order valence-corrected chi connectivity index (χ4v) is 4.64. The first kappa shape index (κ1) is 22.9. The topological polar surface area (TPSA) is 73.5 Å². The molecule has 5 aromatic carbocycles. The lowest BCUT2D eigenvalue weighted by Gasteiger charge is -2.38. The van der Waals surface area contributed by atoms with E-state index in [1.165, 1.54) is 0 Å². The fraction of sp³-hybridized carbons (Fsp3) is 0.161. The highest BCUT2D eigenvalue weighted by Crippen LogP contribution is 2.44. The number of anilines is 2. The van der Waals surface area contributed by atoms with E-state index in [-0.39, 0.29) is 11.6 Å². The summed E-state index contributed by atoms with van der Waals surface area (Å²) in [6.45, 7) is 6.65. The van der Waals surface area contributed by atoms with E-state index in [0.29, 0.717) is 0 Å². The molecular weight excluding hydrogens is 456 g/mol. The van der Waals surface area contributed by atoms with Crippen LogP contribution in [0.5, 0.6) is 0 Å². The van der Waals surface area contributed by atoms with Gasteiger partial charge in [0.25, 0.3) is 0 Å². The monoisotopic (exact) mass is 484 g/mol. The largest absolute Gasteiger partial charge is 0.364 e. The molecule has 0 aromatic heterocycles. The summed E-state index contributed by atoms with van der Waals surface area (Å²) in [5, 5.41) is 30.0. The first-order chi connectivity index (χ1) is 18.0. The summed E-state index contributed by atoms with van der Waals surface area (Å²) in [7, 11) is 0. The van der Waals surface area contributed by atoms with Crippen LogP contribution in [0.15, 0.2) is 118 Å².